The number of rotatable bonds is 8. The molecule has 4 nitrogen and oxygen atoms in total. The Balaban J connectivity index is 2.90. The highest BCUT2D eigenvalue weighted by Gasteiger charge is 2.19. The lowest BCUT2D eigenvalue weighted by Gasteiger charge is -2.18. The molecule has 0 saturated carbocycles. The van der Waals surface area contributed by atoms with Crippen LogP contribution >= 0.6 is 0 Å². The van der Waals surface area contributed by atoms with E-state index in [1.807, 2.05) is 27.0 Å². The van der Waals surface area contributed by atoms with Gasteiger partial charge in [-0.3, -0.25) is 0 Å². The van der Waals surface area contributed by atoms with E-state index in [-0.39, 0.29) is 6.04 Å². The summed E-state index contributed by atoms with van der Waals surface area (Å²) in [4.78, 5) is 0.342. The summed E-state index contributed by atoms with van der Waals surface area (Å²) in [6.45, 7) is 8.84. The number of aryl methyl sites for hydroxylation is 1. The first-order valence-electron chi connectivity index (χ1n) is 7.56. The van der Waals surface area contributed by atoms with Gasteiger partial charge in [0.15, 0.2) is 0 Å². The van der Waals surface area contributed by atoms with Crippen LogP contribution in [-0.4, -0.2) is 21.5 Å². The van der Waals surface area contributed by atoms with Crippen LogP contribution in [0.1, 0.15) is 44.7 Å². The Hall–Kier alpha value is -0.910. The Morgan fingerprint density at radius 1 is 1.24 bits per heavy atom. The summed E-state index contributed by atoms with van der Waals surface area (Å²) in [6.07, 6.45) is 1.91. The molecule has 5 heteroatoms. The Morgan fingerprint density at radius 3 is 2.48 bits per heavy atom. The van der Waals surface area contributed by atoms with Crippen LogP contribution in [-0.2, 0) is 16.6 Å². The van der Waals surface area contributed by atoms with Crippen molar-refractivity contribution in [2.75, 3.05) is 7.05 Å². The molecule has 0 radical (unpaired) electrons. The van der Waals surface area contributed by atoms with Gasteiger partial charge in [0.05, 0.1) is 4.90 Å². The molecule has 0 fully saturated rings. The molecule has 21 heavy (non-hydrogen) atoms. The van der Waals surface area contributed by atoms with Gasteiger partial charge in [-0.15, -0.1) is 0 Å². The van der Waals surface area contributed by atoms with Crippen LogP contribution in [0.5, 0.6) is 0 Å². The topological polar surface area (TPSA) is 58.2 Å². The second-order valence-electron chi connectivity index (χ2n) is 5.89. The minimum absolute atomic E-state index is 0.0565. The van der Waals surface area contributed by atoms with E-state index in [0.29, 0.717) is 17.4 Å². The molecule has 2 unspecified atom stereocenters. The zero-order valence-corrected chi connectivity index (χ0v) is 14.5. The zero-order chi connectivity index (χ0) is 16.0. The fourth-order valence-corrected chi connectivity index (χ4v) is 3.65. The molecular formula is C16H28N2O2S. The molecule has 0 amide bonds. The average molecular weight is 312 g/mol. The van der Waals surface area contributed by atoms with Gasteiger partial charge in [-0.05, 0) is 56.5 Å². The van der Waals surface area contributed by atoms with Gasteiger partial charge in [-0.2, -0.15) is 0 Å². The molecule has 0 aliphatic rings. The number of nitrogens with one attached hydrogen (secondary N) is 2. The lowest BCUT2D eigenvalue weighted by atomic mass is 10.0. The maximum Gasteiger partial charge on any atom is 0.240 e. The van der Waals surface area contributed by atoms with Crippen molar-refractivity contribution in [3.63, 3.8) is 0 Å². The van der Waals surface area contributed by atoms with Crippen LogP contribution < -0.4 is 10.0 Å². The molecule has 0 aromatic heterocycles. The van der Waals surface area contributed by atoms with Crippen LogP contribution in [0.25, 0.3) is 0 Å². The molecule has 1 rings (SSSR count). The van der Waals surface area contributed by atoms with Crippen LogP contribution in [0.4, 0.5) is 0 Å². The number of hydrogen-bond donors (Lipinski definition) is 2. The quantitative estimate of drug-likeness (QED) is 0.776. The number of sulfonamides is 1. The molecule has 0 saturated heterocycles. The van der Waals surface area contributed by atoms with E-state index in [0.717, 1.165) is 24.0 Å². The second-order valence-corrected chi connectivity index (χ2v) is 7.60. The third-order valence-corrected chi connectivity index (χ3v) is 5.39. The first-order valence-corrected chi connectivity index (χ1v) is 9.05. The minimum Gasteiger partial charge on any atom is -0.316 e. The van der Waals surface area contributed by atoms with Gasteiger partial charge in [0, 0.05) is 12.6 Å². The second kappa shape index (κ2) is 7.92. The highest BCUT2D eigenvalue weighted by atomic mass is 32.2. The predicted molar refractivity (Wildman–Crippen MR) is 87.8 cm³/mol. The molecule has 1 aromatic rings. The summed E-state index contributed by atoms with van der Waals surface area (Å²) >= 11 is 0. The summed E-state index contributed by atoms with van der Waals surface area (Å²) in [5.41, 5.74) is 2.10. The van der Waals surface area contributed by atoms with Crippen molar-refractivity contribution in [3.8, 4) is 0 Å². The van der Waals surface area contributed by atoms with Crippen molar-refractivity contribution in [2.24, 2.45) is 5.92 Å². The molecule has 0 bridgehead atoms. The van der Waals surface area contributed by atoms with Crippen LogP contribution in [0, 0.1) is 12.8 Å². The first-order chi connectivity index (χ1) is 9.80. The SMILES string of the molecule is CCC(C)CC(C)NS(=O)(=O)c1ccc(C)c(CNC)c1. The van der Waals surface area contributed by atoms with Gasteiger partial charge in [-0.25, -0.2) is 13.1 Å². The van der Waals surface area contributed by atoms with E-state index in [2.05, 4.69) is 23.9 Å². The van der Waals surface area contributed by atoms with Gasteiger partial charge >= 0.3 is 0 Å². The fourth-order valence-electron chi connectivity index (χ4n) is 2.35. The third kappa shape index (κ3) is 5.41. The average Bonchev–Trinajstić information content (AvgIpc) is 2.40. The van der Waals surface area contributed by atoms with E-state index in [4.69, 9.17) is 0 Å². The van der Waals surface area contributed by atoms with Crippen molar-refractivity contribution < 1.29 is 8.42 Å². The summed E-state index contributed by atoms with van der Waals surface area (Å²) < 4.78 is 27.7. The smallest absolute Gasteiger partial charge is 0.240 e. The first kappa shape index (κ1) is 18.1. The largest absolute Gasteiger partial charge is 0.316 e. The Bertz CT molecular complexity index is 555. The Kier molecular flexibility index (Phi) is 6.84. The lowest BCUT2D eigenvalue weighted by molar-refractivity contribution is 0.445. The molecule has 0 aliphatic heterocycles. The molecular weight excluding hydrogens is 284 g/mol. The van der Waals surface area contributed by atoms with Gasteiger partial charge in [-0.1, -0.05) is 26.3 Å². The Morgan fingerprint density at radius 2 is 1.90 bits per heavy atom. The standard InChI is InChI=1S/C16H28N2O2S/c1-6-12(2)9-14(4)18-21(19,20)16-8-7-13(3)15(10-16)11-17-5/h7-8,10,12,14,17-18H,6,9,11H2,1-5H3. The summed E-state index contributed by atoms with van der Waals surface area (Å²) in [5, 5.41) is 3.06. The highest BCUT2D eigenvalue weighted by Crippen LogP contribution is 2.17. The van der Waals surface area contributed by atoms with Crippen molar-refractivity contribution in [1.82, 2.24) is 10.0 Å². The highest BCUT2D eigenvalue weighted by molar-refractivity contribution is 7.89. The van der Waals surface area contributed by atoms with E-state index in [1.165, 1.54) is 0 Å². The molecule has 0 heterocycles. The minimum atomic E-state index is -3.45. The molecule has 2 N–H and O–H groups in total. The van der Waals surface area contributed by atoms with Crippen molar-refractivity contribution in [3.05, 3.63) is 29.3 Å². The molecule has 2 atom stereocenters. The van der Waals surface area contributed by atoms with E-state index in [9.17, 15) is 8.42 Å². The number of hydrogen-bond acceptors (Lipinski definition) is 3. The predicted octanol–water partition coefficient (Wildman–Crippen LogP) is 2.82. The fraction of sp³-hybridized carbons (Fsp3) is 0.625. The van der Waals surface area contributed by atoms with E-state index >= 15 is 0 Å². The monoisotopic (exact) mass is 312 g/mol. The molecule has 1 aromatic carbocycles. The van der Waals surface area contributed by atoms with Crippen LogP contribution in [0.3, 0.4) is 0 Å². The van der Waals surface area contributed by atoms with E-state index < -0.39 is 10.0 Å². The normalized spacial score (nSPS) is 14.9. The zero-order valence-electron chi connectivity index (χ0n) is 13.7. The molecule has 0 spiro atoms. The van der Waals surface area contributed by atoms with Gasteiger partial charge in [0.1, 0.15) is 0 Å². The molecule has 120 valence electrons. The van der Waals surface area contributed by atoms with E-state index in [1.54, 1.807) is 12.1 Å². The van der Waals surface area contributed by atoms with Crippen LogP contribution in [0.2, 0.25) is 0 Å². The molecule has 0 aliphatic carbocycles. The lowest BCUT2D eigenvalue weighted by Crippen LogP contribution is -2.33. The van der Waals surface area contributed by atoms with Crippen molar-refractivity contribution in [2.45, 2.75) is 58.0 Å². The van der Waals surface area contributed by atoms with Gasteiger partial charge in [0.2, 0.25) is 10.0 Å². The summed E-state index contributed by atoms with van der Waals surface area (Å²) in [6, 6.07) is 5.23. The van der Waals surface area contributed by atoms with Gasteiger partial charge < -0.3 is 5.32 Å². The van der Waals surface area contributed by atoms with Gasteiger partial charge in [0.25, 0.3) is 0 Å². The summed E-state index contributed by atoms with van der Waals surface area (Å²) in [7, 11) is -1.59. The number of benzene rings is 1. The third-order valence-electron chi connectivity index (χ3n) is 3.81. The maximum atomic E-state index is 12.4. The Labute approximate surface area is 129 Å². The van der Waals surface area contributed by atoms with Crippen molar-refractivity contribution >= 4 is 10.0 Å². The summed E-state index contributed by atoms with van der Waals surface area (Å²) in [5.74, 6) is 0.514. The van der Waals surface area contributed by atoms with Crippen LogP contribution in [0.15, 0.2) is 23.1 Å². The van der Waals surface area contributed by atoms with Crippen molar-refractivity contribution in [1.29, 1.82) is 0 Å². The maximum absolute atomic E-state index is 12.4.